The second-order valence-corrected chi connectivity index (χ2v) is 13.6. The quantitative estimate of drug-likeness (QED) is 0.112. The number of aliphatic imine (C=N–C) groups is 2. The van der Waals surface area contributed by atoms with Crippen LogP contribution in [0.2, 0.25) is 0 Å². The van der Waals surface area contributed by atoms with Crippen molar-refractivity contribution in [2.45, 2.75) is 61.7 Å². The third-order valence-corrected chi connectivity index (χ3v) is 10.7. The second-order valence-electron chi connectivity index (χ2n) is 13.6. The third-order valence-electron chi connectivity index (χ3n) is 10.7. The topological polar surface area (TPSA) is 106 Å². The van der Waals surface area contributed by atoms with Crippen molar-refractivity contribution in [3.8, 4) is 0 Å². The van der Waals surface area contributed by atoms with Gasteiger partial charge >= 0.3 is 0 Å². The summed E-state index contributed by atoms with van der Waals surface area (Å²) >= 11 is 0. The van der Waals surface area contributed by atoms with Gasteiger partial charge in [0.1, 0.15) is 24.7 Å². The molecule has 0 amide bonds. The van der Waals surface area contributed by atoms with Crippen LogP contribution in [-0.2, 0) is 16.8 Å². The molecule has 2 aromatic carbocycles. The molecule has 5 aliphatic rings. The Balaban J connectivity index is 0.00000455. The van der Waals surface area contributed by atoms with Crippen LogP contribution in [0.4, 0.5) is 81.9 Å². The summed E-state index contributed by atoms with van der Waals surface area (Å²) in [7, 11) is 0. The summed E-state index contributed by atoms with van der Waals surface area (Å²) in [6, 6.07) is 0. The van der Waals surface area contributed by atoms with Gasteiger partial charge in [0.25, 0.3) is 0 Å². The van der Waals surface area contributed by atoms with E-state index in [1.807, 2.05) is 0 Å². The molecule has 4 aromatic rings. The second kappa shape index (κ2) is 13.2. The van der Waals surface area contributed by atoms with Crippen LogP contribution < -0.4 is 20.9 Å². The van der Waals surface area contributed by atoms with Crippen LogP contribution in [0.3, 0.4) is 0 Å². The molecule has 0 spiro atoms. The smallest absolute Gasteiger partial charge is 0.198 e. The SMILES string of the molecule is Fc1c(F)c(F)c2c3[n-]c(c2c1F)[N-]C1N=C(N=c2[n-]c(c4c(F)c(F)c(F)c(F)c24)=NC2=NC([N-]3)C3C(F)C(F)C(F)C(F)C23)C2C(F)C(F)C(F)C(F)C12.[Co]. The number of nitrogens with zero attached hydrogens (tertiary/aromatic N) is 8. The number of hydrogen-bond acceptors (Lipinski definition) is 4. The van der Waals surface area contributed by atoms with E-state index < -0.39 is 188 Å². The molecular formula is C32H14CoF16N8-4. The number of rotatable bonds is 0. The molecule has 14 unspecified atom stereocenters. The maximum atomic E-state index is 15.6. The van der Waals surface area contributed by atoms with Gasteiger partial charge in [-0.05, 0) is 23.1 Å². The number of benzene rings is 2. The number of aromatic nitrogens is 2. The van der Waals surface area contributed by atoms with Crippen molar-refractivity contribution in [3.63, 3.8) is 0 Å². The van der Waals surface area contributed by atoms with E-state index in [2.05, 4.69) is 40.6 Å². The number of hydrogen-bond donors (Lipinski definition) is 0. The maximum Gasteiger partial charge on any atom is 0.198 e. The Morgan fingerprint density at radius 1 is 0.368 bits per heavy atom. The number of fused-ring (bicyclic) bond motifs is 18. The zero-order valence-corrected chi connectivity index (χ0v) is 28.1. The van der Waals surface area contributed by atoms with E-state index in [0.29, 0.717) is 0 Å². The predicted molar refractivity (Wildman–Crippen MR) is 158 cm³/mol. The molecule has 8 bridgehead atoms. The fraction of sp³-hybridized carbons (Fsp3) is 0.438. The van der Waals surface area contributed by atoms with E-state index in [1.54, 1.807) is 0 Å². The molecule has 2 aromatic heterocycles. The summed E-state index contributed by atoms with van der Waals surface area (Å²) in [5.41, 5.74) is -2.59. The van der Waals surface area contributed by atoms with E-state index in [0.717, 1.165) is 0 Å². The molecule has 0 N–H and O–H groups in total. The minimum atomic E-state index is -3.25. The van der Waals surface area contributed by atoms with Gasteiger partial charge in [-0.3, -0.25) is 0 Å². The van der Waals surface area contributed by atoms with E-state index in [1.165, 1.54) is 0 Å². The molecule has 5 heterocycles. The van der Waals surface area contributed by atoms with Gasteiger partial charge < -0.3 is 40.6 Å². The number of alkyl halides is 8. The van der Waals surface area contributed by atoms with Gasteiger partial charge in [-0.25, -0.2) is 81.9 Å². The Hall–Kier alpha value is -4.55. The standard InChI is InChI=1S/C32H14F16N8.Co/c33-9-1-2(10(34)18(42)17(9)41)26-49-25(1)53-27-3-4(12(36)20(44)19(43)11(3)35)29(50-27)55-31-7-8(16(40)24(48)23(47)15(7)39)32(52-31)56-30-6-5(28(51-30)54-26)13(37)21(45)22(46)14(6)38;/h1-2,7-10,15-18,23-25,31H;/q-4;. The molecule has 14 atom stereocenters. The molecule has 25 heteroatoms. The first-order valence-corrected chi connectivity index (χ1v) is 16.2. The van der Waals surface area contributed by atoms with Gasteiger partial charge in [0.2, 0.25) is 0 Å². The maximum absolute atomic E-state index is 15.6. The van der Waals surface area contributed by atoms with E-state index >= 15 is 35.1 Å². The van der Waals surface area contributed by atoms with Crippen molar-refractivity contribution in [2.75, 3.05) is 0 Å². The first kappa shape index (κ1) is 39.3. The Morgan fingerprint density at radius 3 is 1.04 bits per heavy atom. The summed E-state index contributed by atoms with van der Waals surface area (Å²) in [5, 5.41) is 1.91. The van der Waals surface area contributed by atoms with Crippen molar-refractivity contribution in [3.05, 3.63) is 68.1 Å². The van der Waals surface area contributed by atoms with Crippen molar-refractivity contribution >= 4 is 44.9 Å². The van der Waals surface area contributed by atoms with Crippen LogP contribution in [-0.4, -0.2) is 73.4 Å². The van der Waals surface area contributed by atoms with Crippen molar-refractivity contribution in [1.29, 1.82) is 0 Å². The zero-order chi connectivity index (χ0) is 40.1. The van der Waals surface area contributed by atoms with Crippen molar-refractivity contribution in [1.82, 2.24) is 9.97 Å². The van der Waals surface area contributed by atoms with Crippen LogP contribution in [0.25, 0.3) is 32.2 Å². The molecule has 2 aliphatic carbocycles. The summed E-state index contributed by atoms with van der Waals surface area (Å²) < 4.78 is 242. The van der Waals surface area contributed by atoms with E-state index in [4.69, 9.17) is 0 Å². The molecule has 1 radical (unpaired) electrons. The van der Waals surface area contributed by atoms with Crippen LogP contribution in [0.1, 0.15) is 0 Å². The average Bonchev–Trinajstić information content (AvgIpc) is 3.92. The van der Waals surface area contributed by atoms with Crippen molar-refractivity contribution in [2.24, 2.45) is 43.6 Å². The Labute approximate surface area is 315 Å². The molecule has 57 heavy (non-hydrogen) atoms. The first-order valence-electron chi connectivity index (χ1n) is 16.2. The largest absolute Gasteiger partial charge is 0.695 e. The van der Waals surface area contributed by atoms with Crippen LogP contribution in [0, 0.1) is 70.2 Å². The Kier molecular flexibility index (Phi) is 9.12. The van der Waals surface area contributed by atoms with Gasteiger partial charge in [-0.15, -0.1) is 0 Å². The molecule has 3 aliphatic heterocycles. The molecule has 307 valence electrons. The van der Waals surface area contributed by atoms with Gasteiger partial charge in [-0.2, -0.15) is 0 Å². The van der Waals surface area contributed by atoms with E-state index in [-0.39, 0.29) is 16.8 Å². The monoisotopic (exact) mass is 873 g/mol. The summed E-state index contributed by atoms with van der Waals surface area (Å²) in [5.74, 6) is -33.1. The zero-order valence-electron chi connectivity index (χ0n) is 27.0. The molecule has 0 saturated heterocycles. The fourth-order valence-corrected chi connectivity index (χ4v) is 8.07. The first-order chi connectivity index (χ1) is 26.4. The van der Waals surface area contributed by atoms with Gasteiger partial charge in [0, 0.05) is 62.2 Å². The van der Waals surface area contributed by atoms with E-state index in [9.17, 15) is 35.1 Å². The van der Waals surface area contributed by atoms with Gasteiger partial charge in [-0.1, -0.05) is 0 Å². The Morgan fingerprint density at radius 2 is 0.684 bits per heavy atom. The Bertz CT molecular complexity index is 2400. The molecular weight excluding hydrogens is 859 g/mol. The summed E-state index contributed by atoms with van der Waals surface area (Å²) in [6.45, 7) is 0. The van der Waals surface area contributed by atoms with Crippen molar-refractivity contribution < 1.29 is 87.0 Å². The fourth-order valence-electron chi connectivity index (χ4n) is 8.07. The third kappa shape index (κ3) is 5.21. The van der Waals surface area contributed by atoms with Gasteiger partial charge in [0.15, 0.2) is 71.2 Å². The minimum absolute atomic E-state index is 0. The molecule has 9 rings (SSSR count). The molecule has 2 fully saturated rings. The summed E-state index contributed by atoms with van der Waals surface area (Å²) in [6.07, 6.45) is -30.0. The predicted octanol–water partition coefficient (Wildman–Crippen LogP) is 6.65. The number of amidine groups is 2. The summed E-state index contributed by atoms with van der Waals surface area (Å²) in [4.78, 5) is 22.3. The number of halogens is 16. The normalized spacial score (nSPS) is 35.6. The van der Waals surface area contributed by atoms with Crippen LogP contribution in [0.5, 0.6) is 0 Å². The minimum Gasteiger partial charge on any atom is -0.695 e. The van der Waals surface area contributed by atoms with Crippen LogP contribution >= 0.6 is 0 Å². The molecule has 2 saturated carbocycles. The van der Waals surface area contributed by atoms with Gasteiger partial charge in [0.05, 0.1) is 11.7 Å². The van der Waals surface area contributed by atoms with Crippen LogP contribution in [0.15, 0.2) is 20.0 Å². The average molecular weight is 873 g/mol. The molecule has 8 nitrogen and oxygen atoms in total.